The fourth-order valence-corrected chi connectivity index (χ4v) is 2.49. The molecule has 0 aliphatic rings. The minimum absolute atomic E-state index is 0.201. The average molecular weight is 242 g/mol. The van der Waals surface area contributed by atoms with Gasteiger partial charge >= 0.3 is 5.97 Å². The van der Waals surface area contributed by atoms with Crippen molar-refractivity contribution in [2.24, 2.45) is 0 Å². The Hall–Kier alpha value is -0.610. The molecule has 0 fully saturated rings. The molecule has 0 unspecified atom stereocenters. The van der Waals surface area contributed by atoms with Gasteiger partial charge in [0.05, 0.1) is 0 Å². The van der Waals surface area contributed by atoms with Crippen molar-refractivity contribution >= 4 is 29.5 Å². The Kier molecular flexibility index (Phi) is 5.05. The number of thioether (sulfide) groups is 2. The van der Waals surface area contributed by atoms with E-state index in [1.807, 2.05) is 24.6 Å². The van der Waals surface area contributed by atoms with E-state index in [9.17, 15) is 4.79 Å². The summed E-state index contributed by atoms with van der Waals surface area (Å²) in [6.07, 6.45) is 4.87. The van der Waals surface area contributed by atoms with Gasteiger partial charge in [-0.2, -0.15) is 0 Å². The molecule has 0 spiro atoms. The zero-order valence-electron chi connectivity index (χ0n) is 8.82. The Morgan fingerprint density at radius 1 is 1.33 bits per heavy atom. The molecule has 1 N–H and O–H groups in total. The molecular formula is C11H14O2S2. The Balaban J connectivity index is 2.82. The van der Waals surface area contributed by atoms with Crippen molar-refractivity contribution in [3.05, 3.63) is 23.8 Å². The summed E-state index contributed by atoms with van der Waals surface area (Å²) in [5, 5.41) is 8.63. The van der Waals surface area contributed by atoms with Gasteiger partial charge in [0.1, 0.15) is 0 Å². The zero-order chi connectivity index (χ0) is 11.3. The lowest BCUT2D eigenvalue weighted by Gasteiger charge is -2.07. The van der Waals surface area contributed by atoms with Crippen molar-refractivity contribution < 1.29 is 9.90 Å². The maximum atomic E-state index is 10.5. The van der Waals surface area contributed by atoms with Gasteiger partial charge in [0.2, 0.25) is 0 Å². The second kappa shape index (κ2) is 6.08. The molecule has 0 saturated heterocycles. The molecule has 82 valence electrons. The molecule has 0 aliphatic heterocycles. The van der Waals surface area contributed by atoms with E-state index in [0.717, 1.165) is 5.56 Å². The fraction of sp³-hybridized carbons (Fsp3) is 0.364. The molecule has 1 rings (SSSR count). The second-order valence-electron chi connectivity index (χ2n) is 3.07. The van der Waals surface area contributed by atoms with Crippen molar-refractivity contribution in [2.75, 3.05) is 12.5 Å². The molecule has 0 aromatic heterocycles. The zero-order valence-corrected chi connectivity index (χ0v) is 10.5. The maximum absolute atomic E-state index is 10.5. The van der Waals surface area contributed by atoms with E-state index in [-0.39, 0.29) is 6.42 Å². The fourth-order valence-electron chi connectivity index (χ4n) is 1.30. The van der Waals surface area contributed by atoms with Gasteiger partial charge in [-0.05, 0) is 36.6 Å². The molecule has 1 aromatic carbocycles. The Morgan fingerprint density at radius 2 is 2.07 bits per heavy atom. The molecule has 0 amide bonds. The van der Waals surface area contributed by atoms with Crippen molar-refractivity contribution in [2.45, 2.75) is 22.6 Å². The molecule has 0 bridgehead atoms. The number of hydrogen-bond donors (Lipinski definition) is 1. The predicted molar refractivity (Wildman–Crippen MR) is 66.0 cm³/mol. The first-order chi connectivity index (χ1) is 7.17. The Labute approximate surface area is 98.5 Å². The minimum atomic E-state index is -0.740. The minimum Gasteiger partial charge on any atom is -0.481 e. The van der Waals surface area contributed by atoms with E-state index in [4.69, 9.17) is 5.11 Å². The Morgan fingerprint density at radius 3 is 2.60 bits per heavy atom. The van der Waals surface area contributed by atoms with Crippen molar-refractivity contribution in [3.8, 4) is 0 Å². The average Bonchev–Trinajstić information content (AvgIpc) is 2.25. The topological polar surface area (TPSA) is 37.3 Å². The van der Waals surface area contributed by atoms with Crippen LogP contribution in [-0.2, 0) is 11.2 Å². The lowest BCUT2D eigenvalue weighted by molar-refractivity contribution is -0.136. The number of rotatable bonds is 5. The maximum Gasteiger partial charge on any atom is 0.303 e. The quantitative estimate of drug-likeness (QED) is 0.805. The van der Waals surface area contributed by atoms with Crippen LogP contribution in [0, 0.1) is 0 Å². The number of carboxylic acids is 1. The molecule has 0 atom stereocenters. The van der Waals surface area contributed by atoms with Crippen LogP contribution in [0.2, 0.25) is 0 Å². The van der Waals surface area contributed by atoms with Crippen LogP contribution in [0.4, 0.5) is 0 Å². The van der Waals surface area contributed by atoms with Crippen LogP contribution in [0.15, 0.2) is 28.0 Å². The summed E-state index contributed by atoms with van der Waals surface area (Å²) in [4.78, 5) is 12.9. The molecule has 4 heteroatoms. The highest BCUT2D eigenvalue weighted by Crippen LogP contribution is 2.26. The third-order valence-corrected chi connectivity index (χ3v) is 3.65. The van der Waals surface area contributed by atoms with E-state index in [1.54, 1.807) is 23.5 Å². The van der Waals surface area contributed by atoms with Crippen LogP contribution in [0.5, 0.6) is 0 Å². The highest BCUT2D eigenvalue weighted by Gasteiger charge is 2.05. The van der Waals surface area contributed by atoms with E-state index < -0.39 is 5.97 Å². The van der Waals surface area contributed by atoms with Gasteiger partial charge in [0.25, 0.3) is 0 Å². The van der Waals surface area contributed by atoms with Crippen LogP contribution in [-0.4, -0.2) is 23.6 Å². The smallest absolute Gasteiger partial charge is 0.303 e. The molecule has 0 heterocycles. The summed E-state index contributed by atoms with van der Waals surface area (Å²) in [6, 6.07) is 6.19. The largest absolute Gasteiger partial charge is 0.481 e. The van der Waals surface area contributed by atoms with E-state index in [2.05, 4.69) is 6.07 Å². The van der Waals surface area contributed by atoms with Crippen molar-refractivity contribution in [1.29, 1.82) is 0 Å². The number of aliphatic carboxylic acids is 1. The van der Waals surface area contributed by atoms with Gasteiger partial charge in [-0.15, -0.1) is 23.5 Å². The van der Waals surface area contributed by atoms with E-state index >= 15 is 0 Å². The van der Waals surface area contributed by atoms with Crippen LogP contribution in [0.1, 0.15) is 12.0 Å². The number of aryl methyl sites for hydroxylation is 1. The second-order valence-corrected chi connectivity index (χ2v) is 4.80. The molecule has 0 saturated carbocycles. The van der Waals surface area contributed by atoms with Crippen LogP contribution < -0.4 is 0 Å². The highest BCUT2D eigenvalue weighted by molar-refractivity contribution is 7.99. The SMILES string of the molecule is CSc1ccc(CCC(=O)O)c(SC)c1. The summed E-state index contributed by atoms with van der Waals surface area (Å²) in [6.45, 7) is 0. The van der Waals surface area contributed by atoms with E-state index in [0.29, 0.717) is 6.42 Å². The van der Waals surface area contributed by atoms with Crippen molar-refractivity contribution in [3.63, 3.8) is 0 Å². The summed E-state index contributed by atoms with van der Waals surface area (Å²) in [5.41, 5.74) is 1.13. The summed E-state index contributed by atoms with van der Waals surface area (Å²) in [7, 11) is 0. The van der Waals surface area contributed by atoms with Crippen LogP contribution >= 0.6 is 23.5 Å². The lowest BCUT2D eigenvalue weighted by atomic mass is 10.1. The van der Waals surface area contributed by atoms with Gasteiger partial charge in [-0.25, -0.2) is 0 Å². The third-order valence-electron chi connectivity index (χ3n) is 2.10. The lowest BCUT2D eigenvalue weighted by Crippen LogP contribution is -1.98. The summed E-state index contributed by atoms with van der Waals surface area (Å²) < 4.78 is 0. The molecule has 0 radical (unpaired) electrons. The number of hydrogen-bond acceptors (Lipinski definition) is 3. The predicted octanol–water partition coefficient (Wildman–Crippen LogP) is 3.15. The monoisotopic (exact) mass is 242 g/mol. The number of benzene rings is 1. The normalized spacial score (nSPS) is 10.3. The number of carboxylic acid groups (broad SMARTS) is 1. The molecule has 1 aromatic rings. The van der Waals surface area contributed by atoms with Gasteiger partial charge in [-0.3, -0.25) is 4.79 Å². The number of carbonyl (C=O) groups is 1. The standard InChI is InChI=1S/C11H14O2S2/c1-14-9-5-3-8(4-6-11(12)13)10(7-9)15-2/h3,5,7H,4,6H2,1-2H3,(H,12,13). The van der Waals surface area contributed by atoms with Gasteiger partial charge < -0.3 is 5.11 Å². The Bertz CT molecular complexity index is 350. The van der Waals surface area contributed by atoms with Crippen LogP contribution in [0.3, 0.4) is 0 Å². The molecule has 0 aliphatic carbocycles. The van der Waals surface area contributed by atoms with E-state index in [1.165, 1.54) is 9.79 Å². The highest BCUT2D eigenvalue weighted by atomic mass is 32.2. The first kappa shape index (κ1) is 12.5. The molecular weight excluding hydrogens is 228 g/mol. The summed E-state index contributed by atoms with van der Waals surface area (Å²) in [5.74, 6) is -0.740. The molecule has 2 nitrogen and oxygen atoms in total. The van der Waals surface area contributed by atoms with Gasteiger partial charge in [0.15, 0.2) is 0 Å². The summed E-state index contributed by atoms with van der Waals surface area (Å²) >= 11 is 3.37. The van der Waals surface area contributed by atoms with Crippen LogP contribution in [0.25, 0.3) is 0 Å². The molecule has 15 heavy (non-hydrogen) atoms. The van der Waals surface area contributed by atoms with Crippen molar-refractivity contribution in [1.82, 2.24) is 0 Å². The first-order valence-corrected chi connectivity index (χ1v) is 7.05. The third kappa shape index (κ3) is 3.80. The first-order valence-electron chi connectivity index (χ1n) is 4.60. The van der Waals surface area contributed by atoms with Gasteiger partial charge in [-0.1, -0.05) is 6.07 Å². The van der Waals surface area contributed by atoms with Gasteiger partial charge in [0, 0.05) is 16.2 Å².